The minimum atomic E-state index is -0.0908. The number of carbonyl (C=O) groups excluding carboxylic acids is 2. The van der Waals surface area contributed by atoms with Gasteiger partial charge in [0.15, 0.2) is 0 Å². The van der Waals surface area contributed by atoms with E-state index in [0.717, 1.165) is 24.1 Å². The van der Waals surface area contributed by atoms with Crippen LogP contribution in [0.2, 0.25) is 0 Å². The van der Waals surface area contributed by atoms with E-state index in [2.05, 4.69) is 15.7 Å². The number of nitrogens with one attached hydrogen (secondary N) is 2. The highest BCUT2D eigenvalue weighted by molar-refractivity contribution is 5.97. The maximum absolute atomic E-state index is 12.3. The number of hydrogen-bond acceptors (Lipinski definition) is 3. The van der Waals surface area contributed by atoms with E-state index < -0.39 is 0 Å². The largest absolute Gasteiger partial charge is 0.349 e. The van der Waals surface area contributed by atoms with E-state index in [9.17, 15) is 9.59 Å². The van der Waals surface area contributed by atoms with Crippen molar-refractivity contribution in [3.8, 4) is 5.69 Å². The van der Waals surface area contributed by atoms with E-state index in [1.165, 1.54) is 0 Å². The summed E-state index contributed by atoms with van der Waals surface area (Å²) in [6.45, 7) is 0. The molecule has 3 aromatic rings. The zero-order valence-corrected chi connectivity index (χ0v) is 15.5. The van der Waals surface area contributed by atoms with Gasteiger partial charge in [0.25, 0.3) is 5.91 Å². The first-order valence-electron chi connectivity index (χ1n) is 9.47. The van der Waals surface area contributed by atoms with Crippen LogP contribution in [-0.4, -0.2) is 27.6 Å². The summed E-state index contributed by atoms with van der Waals surface area (Å²) < 4.78 is 1.80. The molecule has 1 aliphatic carbocycles. The fraction of sp³-hybridized carbons (Fsp3) is 0.227. The maximum atomic E-state index is 12.3. The molecule has 142 valence electrons. The fourth-order valence-electron chi connectivity index (χ4n) is 2.93. The van der Waals surface area contributed by atoms with Crippen LogP contribution in [0.3, 0.4) is 0 Å². The van der Waals surface area contributed by atoms with Gasteiger partial charge in [-0.15, -0.1) is 0 Å². The third kappa shape index (κ3) is 4.65. The van der Waals surface area contributed by atoms with Crippen LogP contribution in [0.5, 0.6) is 0 Å². The Hall–Kier alpha value is -3.41. The molecule has 6 heteroatoms. The van der Waals surface area contributed by atoms with Gasteiger partial charge in [0.05, 0.1) is 11.9 Å². The fourth-order valence-corrected chi connectivity index (χ4v) is 2.93. The van der Waals surface area contributed by atoms with Gasteiger partial charge in [-0.3, -0.25) is 9.59 Å². The van der Waals surface area contributed by atoms with Crippen LogP contribution in [0.1, 0.15) is 35.2 Å². The first-order chi connectivity index (χ1) is 13.7. The lowest BCUT2D eigenvalue weighted by atomic mass is 10.1. The second kappa shape index (κ2) is 8.08. The molecular formula is C22H22N4O2. The van der Waals surface area contributed by atoms with E-state index in [4.69, 9.17) is 0 Å². The zero-order chi connectivity index (χ0) is 19.3. The van der Waals surface area contributed by atoms with Gasteiger partial charge in [-0.25, -0.2) is 4.68 Å². The number of amides is 2. The van der Waals surface area contributed by atoms with Crippen molar-refractivity contribution >= 4 is 17.5 Å². The monoisotopic (exact) mass is 374 g/mol. The van der Waals surface area contributed by atoms with Crippen molar-refractivity contribution in [1.82, 2.24) is 15.1 Å². The lowest BCUT2D eigenvalue weighted by molar-refractivity contribution is -0.116. The Kier molecular flexibility index (Phi) is 5.19. The summed E-state index contributed by atoms with van der Waals surface area (Å²) in [5.41, 5.74) is 3.18. The molecule has 2 aromatic carbocycles. The topological polar surface area (TPSA) is 76.0 Å². The minimum absolute atomic E-state index is 0.0905. The highest BCUT2D eigenvalue weighted by atomic mass is 16.2. The van der Waals surface area contributed by atoms with Crippen LogP contribution in [0, 0.1) is 0 Å². The lowest BCUT2D eigenvalue weighted by Gasteiger charge is -2.08. The van der Waals surface area contributed by atoms with Gasteiger partial charge in [-0.1, -0.05) is 24.3 Å². The number of anilines is 1. The summed E-state index contributed by atoms with van der Waals surface area (Å²) in [5.74, 6) is -0.181. The molecule has 4 rings (SSSR count). The van der Waals surface area contributed by atoms with Crippen LogP contribution in [0.4, 0.5) is 5.69 Å². The SMILES string of the molecule is O=C(CCc1cnn(-c2ccccc2)c1)Nc1cccc(C(=O)NC2CC2)c1. The molecular weight excluding hydrogens is 352 g/mol. The summed E-state index contributed by atoms with van der Waals surface area (Å²) in [6, 6.07) is 17.2. The molecule has 0 unspecified atom stereocenters. The van der Waals surface area contributed by atoms with Crippen LogP contribution in [0.25, 0.3) is 5.69 Å². The molecule has 1 saturated carbocycles. The van der Waals surface area contributed by atoms with Crippen LogP contribution in [0.15, 0.2) is 67.0 Å². The predicted molar refractivity (Wildman–Crippen MR) is 107 cm³/mol. The van der Waals surface area contributed by atoms with Gasteiger partial charge >= 0.3 is 0 Å². The number of nitrogens with zero attached hydrogens (tertiary/aromatic N) is 2. The maximum Gasteiger partial charge on any atom is 0.251 e. The molecule has 1 aromatic heterocycles. The van der Waals surface area contributed by atoms with Crippen molar-refractivity contribution in [3.63, 3.8) is 0 Å². The van der Waals surface area contributed by atoms with Crippen LogP contribution in [-0.2, 0) is 11.2 Å². The molecule has 2 N–H and O–H groups in total. The number of hydrogen-bond donors (Lipinski definition) is 2. The van der Waals surface area contributed by atoms with Gasteiger partial charge in [0.1, 0.15) is 0 Å². The van der Waals surface area contributed by atoms with Gasteiger partial charge in [0.2, 0.25) is 5.91 Å². The third-order valence-corrected chi connectivity index (χ3v) is 4.62. The highest BCUT2D eigenvalue weighted by Crippen LogP contribution is 2.20. The summed E-state index contributed by atoms with van der Waals surface area (Å²) in [6.07, 6.45) is 6.75. The van der Waals surface area contributed by atoms with Crippen molar-refractivity contribution < 1.29 is 9.59 Å². The molecule has 0 aliphatic heterocycles. The highest BCUT2D eigenvalue weighted by Gasteiger charge is 2.23. The number of aryl methyl sites for hydroxylation is 1. The van der Waals surface area contributed by atoms with E-state index in [1.807, 2.05) is 36.5 Å². The Labute approximate surface area is 163 Å². The molecule has 0 saturated heterocycles. The quantitative estimate of drug-likeness (QED) is 0.666. The van der Waals surface area contributed by atoms with E-state index in [0.29, 0.717) is 30.1 Å². The summed E-state index contributed by atoms with van der Waals surface area (Å²) >= 11 is 0. The Morgan fingerprint density at radius 1 is 1.07 bits per heavy atom. The summed E-state index contributed by atoms with van der Waals surface area (Å²) in [7, 11) is 0. The Morgan fingerprint density at radius 3 is 2.68 bits per heavy atom. The predicted octanol–water partition coefficient (Wildman–Crippen LogP) is 3.34. The van der Waals surface area contributed by atoms with Crippen molar-refractivity contribution in [2.24, 2.45) is 0 Å². The van der Waals surface area contributed by atoms with E-state index in [1.54, 1.807) is 35.1 Å². The summed E-state index contributed by atoms with van der Waals surface area (Å²) in [4.78, 5) is 24.4. The number of para-hydroxylation sites is 1. The van der Waals surface area contributed by atoms with E-state index in [-0.39, 0.29) is 11.8 Å². The first kappa shape index (κ1) is 18.0. The number of carbonyl (C=O) groups is 2. The molecule has 0 atom stereocenters. The Balaban J connectivity index is 1.31. The van der Waals surface area contributed by atoms with Crippen molar-refractivity contribution in [1.29, 1.82) is 0 Å². The second-order valence-electron chi connectivity index (χ2n) is 7.01. The third-order valence-electron chi connectivity index (χ3n) is 4.62. The molecule has 1 fully saturated rings. The van der Waals surface area contributed by atoms with Crippen LogP contribution < -0.4 is 10.6 Å². The smallest absolute Gasteiger partial charge is 0.251 e. The molecule has 28 heavy (non-hydrogen) atoms. The molecule has 6 nitrogen and oxygen atoms in total. The van der Waals surface area contributed by atoms with E-state index >= 15 is 0 Å². The molecule has 2 amide bonds. The standard InChI is InChI=1S/C22H22N4O2/c27-21(12-9-16-14-23-26(15-16)20-7-2-1-3-8-20)24-19-6-4-5-17(13-19)22(28)25-18-10-11-18/h1-8,13-15,18H,9-12H2,(H,24,27)(H,25,28). The lowest BCUT2D eigenvalue weighted by Crippen LogP contribution is -2.25. The van der Waals surface area contributed by atoms with Gasteiger partial charge in [-0.05, 0) is 55.2 Å². The minimum Gasteiger partial charge on any atom is -0.349 e. The first-order valence-corrected chi connectivity index (χ1v) is 9.47. The van der Waals surface area contributed by atoms with Crippen molar-refractivity contribution in [2.75, 3.05) is 5.32 Å². The molecule has 1 aliphatic rings. The Bertz CT molecular complexity index is 977. The summed E-state index contributed by atoms with van der Waals surface area (Å²) in [5, 5.41) is 10.2. The molecule has 0 spiro atoms. The van der Waals surface area contributed by atoms with Gasteiger partial charge in [0, 0.05) is 29.9 Å². The second-order valence-corrected chi connectivity index (χ2v) is 7.01. The molecule has 0 radical (unpaired) electrons. The van der Waals surface area contributed by atoms with Crippen molar-refractivity contribution in [2.45, 2.75) is 31.7 Å². The average Bonchev–Trinajstić information content (AvgIpc) is 3.40. The van der Waals surface area contributed by atoms with Crippen molar-refractivity contribution in [3.05, 3.63) is 78.1 Å². The molecule has 1 heterocycles. The number of benzene rings is 2. The van der Waals surface area contributed by atoms with Gasteiger partial charge in [-0.2, -0.15) is 5.10 Å². The number of aromatic nitrogens is 2. The van der Waals surface area contributed by atoms with Gasteiger partial charge < -0.3 is 10.6 Å². The zero-order valence-electron chi connectivity index (χ0n) is 15.5. The Morgan fingerprint density at radius 2 is 1.89 bits per heavy atom. The van der Waals surface area contributed by atoms with Crippen LogP contribution >= 0.6 is 0 Å². The average molecular weight is 374 g/mol. The number of rotatable bonds is 7. The molecule has 0 bridgehead atoms. The normalized spacial score (nSPS) is 13.1.